The Kier molecular flexibility index (Phi) is 4.70. The summed E-state index contributed by atoms with van der Waals surface area (Å²) in [5, 5.41) is 8.80. The Morgan fingerprint density at radius 3 is 2.70 bits per heavy atom. The predicted molar refractivity (Wildman–Crippen MR) is 72.6 cm³/mol. The van der Waals surface area contributed by atoms with Crippen LogP contribution in [0.15, 0.2) is 42.5 Å². The fraction of sp³-hybridized carbons (Fsp3) is 0.188. The molecule has 20 heavy (non-hydrogen) atoms. The van der Waals surface area contributed by atoms with Crippen LogP contribution in [0.2, 0.25) is 0 Å². The van der Waals surface area contributed by atoms with Gasteiger partial charge in [0.25, 0.3) is 0 Å². The van der Waals surface area contributed by atoms with Gasteiger partial charge in [-0.3, -0.25) is 0 Å². The first-order valence-electron chi connectivity index (χ1n) is 6.11. The number of methoxy groups -OCH3 is 1. The zero-order chi connectivity index (χ0) is 14.4. The Hall–Kier alpha value is -2.38. The number of nitriles is 1. The van der Waals surface area contributed by atoms with Crippen molar-refractivity contribution in [1.82, 2.24) is 0 Å². The maximum absolute atomic E-state index is 13.3. The summed E-state index contributed by atoms with van der Waals surface area (Å²) >= 11 is 0. The molecule has 0 unspecified atom stereocenters. The van der Waals surface area contributed by atoms with Gasteiger partial charge in [-0.05, 0) is 41.5 Å². The van der Waals surface area contributed by atoms with Crippen molar-refractivity contribution in [2.24, 2.45) is 0 Å². The molecule has 4 heteroatoms. The van der Waals surface area contributed by atoms with Crippen molar-refractivity contribution < 1.29 is 13.9 Å². The van der Waals surface area contributed by atoms with E-state index in [0.29, 0.717) is 17.9 Å². The SMILES string of the molecule is COCc1cccc(OCc2cc(F)cc(C#N)c2)c1. The first kappa shape index (κ1) is 14.0. The van der Waals surface area contributed by atoms with Gasteiger partial charge in [-0.25, -0.2) is 4.39 Å². The molecule has 0 aromatic heterocycles. The maximum atomic E-state index is 13.3. The number of nitrogens with zero attached hydrogens (tertiary/aromatic N) is 1. The lowest BCUT2D eigenvalue weighted by Crippen LogP contribution is -1.98. The molecule has 0 fully saturated rings. The lowest BCUT2D eigenvalue weighted by Gasteiger charge is -2.08. The average Bonchev–Trinajstić information content (AvgIpc) is 2.45. The summed E-state index contributed by atoms with van der Waals surface area (Å²) in [4.78, 5) is 0. The van der Waals surface area contributed by atoms with Crippen LogP contribution < -0.4 is 4.74 Å². The Morgan fingerprint density at radius 1 is 1.10 bits per heavy atom. The monoisotopic (exact) mass is 271 g/mol. The quantitative estimate of drug-likeness (QED) is 0.836. The largest absolute Gasteiger partial charge is 0.489 e. The molecular weight excluding hydrogens is 257 g/mol. The second-order valence-corrected chi connectivity index (χ2v) is 4.33. The summed E-state index contributed by atoms with van der Waals surface area (Å²) < 4.78 is 23.9. The fourth-order valence-corrected chi connectivity index (χ4v) is 1.86. The van der Waals surface area contributed by atoms with E-state index in [1.54, 1.807) is 13.2 Å². The highest BCUT2D eigenvalue weighted by Crippen LogP contribution is 2.17. The molecule has 2 aromatic carbocycles. The molecule has 0 saturated carbocycles. The predicted octanol–water partition coefficient (Wildman–Crippen LogP) is 3.42. The summed E-state index contributed by atoms with van der Waals surface area (Å²) in [6, 6.07) is 13.6. The molecule has 3 nitrogen and oxygen atoms in total. The van der Waals surface area contributed by atoms with Crippen molar-refractivity contribution >= 4 is 0 Å². The van der Waals surface area contributed by atoms with Gasteiger partial charge in [-0.15, -0.1) is 0 Å². The molecule has 0 amide bonds. The topological polar surface area (TPSA) is 42.2 Å². The third-order valence-corrected chi connectivity index (χ3v) is 2.70. The molecule has 0 aliphatic heterocycles. The Morgan fingerprint density at radius 2 is 1.95 bits per heavy atom. The minimum atomic E-state index is -0.434. The van der Waals surface area contributed by atoms with E-state index in [1.807, 2.05) is 30.3 Å². The lowest BCUT2D eigenvalue weighted by atomic mass is 10.1. The summed E-state index contributed by atoms with van der Waals surface area (Å²) in [7, 11) is 1.63. The van der Waals surface area contributed by atoms with E-state index >= 15 is 0 Å². The molecule has 2 rings (SSSR count). The minimum absolute atomic E-state index is 0.211. The fourth-order valence-electron chi connectivity index (χ4n) is 1.86. The normalized spacial score (nSPS) is 10.1. The number of ether oxygens (including phenoxy) is 2. The number of hydrogen-bond acceptors (Lipinski definition) is 3. The van der Waals surface area contributed by atoms with E-state index < -0.39 is 5.82 Å². The Balaban J connectivity index is 2.07. The zero-order valence-corrected chi connectivity index (χ0v) is 11.1. The van der Waals surface area contributed by atoms with Crippen molar-refractivity contribution in [2.75, 3.05) is 7.11 Å². The third-order valence-electron chi connectivity index (χ3n) is 2.70. The zero-order valence-electron chi connectivity index (χ0n) is 11.1. The molecule has 0 aliphatic carbocycles. The van der Waals surface area contributed by atoms with E-state index in [9.17, 15) is 4.39 Å². The molecule has 0 N–H and O–H groups in total. The van der Waals surface area contributed by atoms with Gasteiger partial charge in [0.05, 0.1) is 18.2 Å². The van der Waals surface area contributed by atoms with Gasteiger partial charge >= 0.3 is 0 Å². The molecule has 2 aromatic rings. The van der Waals surface area contributed by atoms with Gasteiger partial charge in [0.2, 0.25) is 0 Å². The lowest BCUT2D eigenvalue weighted by molar-refractivity contribution is 0.184. The van der Waals surface area contributed by atoms with Gasteiger partial charge in [0.1, 0.15) is 18.2 Å². The van der Waals surface area contributed by atoms with E-state index in [1.165, 1.54) is 12.1 Å². The van der Waals surface area contributed by atoms with E-state index in [4.69, 9.17) is 14.7 Å². The van der Waals surface area contributed by atoms with Gasteiger partial charge in [-0.1, -0.05) is 12.1 Å². The van der Waals surface area contributed by atoms with Crippen LogP contribution in [0.3, 0.4) is 0 Å². The highest BCUT2D eigenvalue weighted by molar-refractivity contribution is 5.34. The smallest absolute Gasteiger partial charge is 0.124 e. The Bertz CT molecular complexity index is 635. The van der Waals surface area contributed by atoms with Crippen LogP contribution in [0.25, 0.3) is 0 Å². The Labute approximate surface area is 117 Å². The van der Waals surface area contributed by atoms with Crippen molar-refractivity contribution in [1.29, 1.82) is 5.26 Å². The van der Waals surface area contributed by atoms with Gasteiger partial charge in [0, 0.05) is 7.11 Å². The molecule has 0 heterocycles. The van der Waals surface area contributed by atoms with Crippen molar-refractivity contribution in [3.8, 4) is 11.8 Å². The third kappa shape index (κ3) is 3.81. The van der Waals surface area contributed by atoms with Crippen molar-refractivity contribution in [3.63, 3.8) is 0 Å². The van der Waals surface area contributed by atoms with Crippen molar-refractivity contribution in [2.45, 2.75) is 13.2 Å². The summed E-state index contributed by atoms with van der Waals surface area (Å²) in [5.74, 6) is 0.248. The molecular formula is C16H14FNO2. The van der Waals surface area contributed by atoms with E-state index in [-0.39, 0.29) is 12.2 Å². The molecule has 0 radical (unpaired) electrons. The van der Waals surface area contributed by atoms with Gasteiger partial charge in [-0.2, -0.15) is 5.26 Å². The van der Waals surface area contributed by atoms with Gasteiger partial charge in [0.15, 0.2) is 0 Å². The van der Waals surface area contributed by atoms with Crippen LogP contribution in [0.4, 0.5) is 4.39 Å². The molecule has 102 valence electrons. The summed E-state index contributed by atoms with van der Waals surface area (Å²) in [5.41, 5.74) is 1.91. The molecule has 0 spiro atoms. The number of halogens is 1. The molecule has 0 aliphatic rings. The average molecular weight is 271 g/mol. The van der Waals surface area contributed by atoms with Crippen LogP contribution in [0.5, 0.6) is 5.75 Å². The van der Waals surface area contributed by atoms with E-state index in [0.717, 1.165) is 5.56 Å². The second kappa shape index (κ2) is 6.69. The van der Waals surface area contributed by atoms with E-state index in [2.05, 4.69) is 0 Å². The van der Waals surface area contributed by atoms with Crippen LogP contribution >= 0.6 is 0 Å². The highest BCUT2D eigenvalue weighted by atomic mass is 19.1. The van der Waals surface area contributed by atoms with Crippen LogP contribution in [-0.2, 0) is 18.0 Å². The minimum Gasteiger partial charge on any atom is -0.489 e. The highest BCUT2D eigenvalue weighted by Gasteiger charge is 2.02. The first-order chi connectivity index (χ1) is 9.71. The van der Waals surface area contributed by atoms with Crippen molar-refractivity contribution in [3.05, 3.63) is 65.0 Å². The van der Waals surface area contributed by atoms with Gasteiger partial charge < -0.3 is 9.47 Å². The van der Waals surface area contributed by atoms with Crippen LogP contribution in [0.1, 0.15) is 16.7 Å². The molecule has 0 atom stereocenters. The number of hydrogen-bond donors (Lipinski definition) is 0. The molecule has 0 bridgehead atoms. The summed E-state index contributed by atoms with van der Waals surface area (Å²) in [6.45, 7) is 0.721. The number of benzene rings is 2. The second-order valence-electron chi connectivity index (χ2n) is 4.33. The number of rotatable bonds is 5. The molecule has 0 saturated heterocycles. The maximum Gasteiger partial charge on any atom is 0.124 e. The van der Waals surface area contributed by atoms with Crippen LogP contribution in [-0.4, -0.2) is 7.11 Å². The first-order valence-corrected chi connectivity index (χ1v) is 6.11. The summed E-state index contributed by atoms with van der Waals surface area (Å²) in [6.07, 6.45) is 0. The standard InChI is InChI=1S/C16H14FNO2/c1-19-10-12-3-2-4-16(8-12)20-11-14-5-13(9-18)6-15(17)7-14/h2-8H,10-11H2,1H3. The van der Waals surface area contributed by atoms with Crippen LogP contribution in [0, 0.1) is 17.1 Å².